The van der Waals surface area contributed by atoms with Gasteiger partial charge in [-0.3, -0.25) is 4.79 Å². The Morgan fingerprint density at radius 1 is 1.35 bits per heavy atom. The summed E-state index contributed by atoms with van der Waals surface area (Å²) >= 11 is 0. The lowest BCUT2D eigenvalue weighted by molar-refractivity contribution is 0.0922. The van der Waals surface area contributed by atoms with Crippen LogP contribution in [0.4, 0.5) is 0 Å². The summed E-state index contributed by atoms with van der Waals surface area (Å²) in [4.78, 5) is 11.9. The summed E-state index contributed by atoms with van der Waals surface area (Å²) < 4.78 is 5.75. The van der Waals surface area contributed by atoms with Crippen LogP contribution in [0.5, 0.6) is 5.75 Å². The Morgan fingerprint density at radius 2 is 2.04 bits per heavy atom. The van der Waals surface area contributed by atoms with Crippen molar-refractivity contribution in [1.29, 1.82) is 0 Å². The van der Waals surface area contributed by atoms with E-state index in [9.17, 15) is 4.79 Å². The van der Waals surface area contributed by atoms with Gasteiger partial charge in [-0.05, 0) is 75.9 Å². The molecule has 2 rings (SSSR count). The molecule has 5 heteroatoms. The fraction of sp³-hybridized carbons (Fsp3) is 0.611. The summed E-state index contributed by atoms with van der Waals surface area (Å²) in [7, 11) is 0. The minimum Gasteiger partial charge on any atom is -0.494 e. The molecule has 0 unspecified atom stereocenters. The van der Waals surface area contributed by atoms with Crippen LogP contribution in [-0.2, 0) is 0 Å². The molecule has 3 N–H and O–H groups in total. The molecule has 1 amide bonds. The van der Waals surface area contributed by atoms with Crippen molar-refractivity contribution in [2.75, 3.05) is 26.3 Å². The van der Waals surface area contributed by atoms with Gasteiger partial charge < -0.3 is 20.5 Å². The molecule has 1 fully saturated rings. The molecule has 1 aromatic rings. The monoisotopic (exact) mass is 320 g/mol. The number of carbonyl (C=O) groups is 1. The maximum atomic E-state index is 11.9. The lowest BCUT2D eigenvalue weighted by atomic mass is 9.93. The summed E-state index contributed by atoms with van der Waals surface area (Å²) in [5, 5.41) is 15.1. The number of rotatable bonds is 8. The zero-order chi connectivity index (χ0) is 16.5. The maximum absolute atomic E-state index is 11.9. The average Bonchev–Trinajstić information content (AvgIpc) is 2.60. The van der Waals surface area contributed by atoms with E-state index in [0.29, 0.717) is 5.56 Å². The van der Waals surface area contributed by atoms with E-state index in [-0.39, 0.29) is 18.6 Å². The van der Waals surface area contributed by atoms with Gasteiger partial charge in [-0.15, -0.1) is 0 Å². The first-order chi connectivity index (χ1) is 11.2. The van der Waals surface area contributed by atoms with E-state index in [1.54, 1.807) is 19.1 Å². The van der Waals surface area contributed by atoms with Crippen LogP contribution < -0.4 is 15.4 Å². The van der Waals surface area contributed by atoms with E-state index in [2.05, 4.69) is 10.6 Å². The van der Waals surface area contributed by atoms with Crippen molar-refractivity contribution < 1.29 is 14.6 Å². The van der Waals surface area contributed by atoms with Crippen molar-refractivity contribution in [2.24, 2.45) is 5.92 Å². The Hall–Kier alpha value is -1.59. The van der Waals surface area contributed by atoms with Crippen molar-refractivity contribution in [2.45, 2.75) is 38.6 Å². The molecule has 1 aromatic carbocycles. The largest absolute Gasteiger partial charge is 0.494 e. The van der Waals surface area contributed by atoms with Gasteiger partial charge in [0, 0.05) is 11.6 Å². The van der Waals surface area contributed by atoms with Crippen LogP contribution in [0.15, 0.2) is 24.3 Å². The number of benzene rings is 1. The first kappa shape index (κ1) is 17.8. The highest BCUT2D eigenvalue weighted by Crippen LogP contribution is 2.18. The summed E-state index contributed by atoms with van der Waals surface area (Å²) in [6.45, 7) is 4.70. The summed E-state index contributed by atoms with van der Waals surface area (Å²) in [5.41, 5.74) is 0.576. The molecular weight excluding hydrogens is 292 g/mol. The third-order valence-electron chi connectivity index (χ3n) is 4.25. The number of aliphatic hydroxyl groups excluding tert-OH is 1. The third kappa shape index (κ3) is 6.20. The SMILES string of the molecule is C[C@H](CO)NC(=O)c1ccc(OCCCC2CCNCC2)cc1. The van der Waals surface area contributed by atoms with E-state index in [0.717, 1.165) is 37.8 Å². The van der Waals surface area contributed by atoms with Gasteiger partial charge >= 0.3 is 0 Å². The van der Waals surface area contributed by atoms with Crippen LogP contribution in [-0.4, -0.2) is 43.4 Å². The van der Waals surface area contributed by atoms with Crippen LogP contribution in [0.2, 0.25) is 0 Å². The van der Waals surface area contributed by atoms with E-state index in [4.69, 9.17) is 9.84 Å². The second kappa shape index (κ2) is 9.53. The Morgan fingerprint density at radius 3 is 2.70 bits per heavy atom. The topological polar surface area (TPSA) is 70.6 Å². The minimum absolute atomic E-state index is 0.0655. The van der Waals surface area contributed by atoms with Gasteiger partial charge in [-0.1, -0.05) is 0 Å². The lowest BCUT2D eigenvalue weighted by Gasteiger charge is -2.22. The molecule has 23 heavy (non-hydrogen) atoms. The number of hydrogen-bond acceptors (Lipinski definition) is 4. The predicted molar refractivity (Wildman–Crippen MR) is 90.8 cm³/mol. The fourth-order valence-electron chi connectivity index (χ4n) is 2.79. The molecule has 1 saturated heterocycles. The first-order valence-corrected chi connectivity index (χ1v) is 8.54. The van der Waals surface area contributed by atoms with Gasteiger partial charge in [-0.2, -0.15) is 0 Å². The third-order valence-corrected chi connectivity index (χ3v) is 4.25. The number of hydrogen-bond donors (Lipinski definition) is 3. The highest BCUT2D eigenvalue weighted by molar-refractivity contribution is 5.94. The fourth-order valence-corrected chi connectivity index (χ4v) is 2.79. The first-order valence-electron chi connectivity index (χ1n) is 8.54. The Bertz CT molecular complexity index is 470. The number of piperidine rings is 1. The molecule has 0 bridgehead atoms. The number of ether oxygens (including phenoxy) is 1. The van der Waals surface area contributed by atoms with Crippen LogP contribution in [0, 0.1) is 5.92 Å². The number of carbonyl (C=O) groups excluding carboxylic acids is 1. The van der Waals surface area contributed by atoms with Gasteiger partial charge in [0.15, 0.2) is 0 Å². The van der Waals surface area contributed by atoms with E-state index >= 15 is 0 Å². The minimum atomic E-state index is -0.242. The second-order valence-electron chi connectivity index (χ2n) is 6.27. The van der Waals surface area contributed by atoms with Crippen LogP contribution in [0.1, 0.15) is 43.0 Å². The molecule has 1 aliphatic heterocycles. The van der Waals surface area contributed by atoms with Gasteiger partial charge in [0.1, 0.15) is 5.75 Å². The normalized spacial score (nSPS) is 16.8. The lowest BCUT2D eigenvalue weighted by Crippen LogP contribution is -2.34. The maximum Gasteiger partial charge on any atom is 0.251 e. The van der Waals surface area contributed by atoms with E-state index in [1.165, 1.54) is 19.3 Å². The molecule has 0 saturated carbocycles. The number of amides is 1. The van der Waals surface area contributed by atoms with E-state index < -0.39 is 0 Å². The van der Waals surface area contributed by atoms with Crippen LogP contribution >= 0.6 is 0 Å². The Balaban J connectivity index is 1.69. The van der Waals surface area contributed by atoms with Gasteiger partial charge in [0.05, 0.1) is 13.2 Å². The summed E-state index contributed by atoms with van der Waals surface area (Å²) in [5.74, 6) is 1.45. The second-order valence-corrected chi connectivity index (χ2v) is 6.27. The molecule has 1 aliphatic rings. The molecular formula is C18H28N2O3. The zero-order valence-corrected chi connectivity index (χ0v) is 13.9. The quantitative estimate of drug-likeness (QED) is 0.640. The predicted octanol–water partition coefficient (Wildman–Crippen LogP) is 1.96. The van der Waals surface area contributed by atoms with E-state index in [1.807, 2.05) is 12.1 Å². The van der Waals surface area contributed by atoms with Crippen LogP contribution in [0.25, 0.3) is 0 Å². The van der Waals surface area contributed by atoms with Crippen molar-refractivity contribution >= 4 is 5.91 Å². The van der Waals surface area contributed by atoms with Crippen LogP contribution in [0.3, 0.4) is 0 Å². The summed E-state index contributed by atoms with van der Waals surface area (Å²) in [6.07, 6.45) is 4.84. The smallest absolute Gasteiger partial charge is 0.251 e. The van der Waals surface area contributed by atoms with Crippen molar-refractivity contribution in [1.82, 2.24) is 10.6 Å². The Kier molecular flexibility index (Phi) is 7.36. The molecule has 5 nitrogen and oxygen atoms in total. The molecule has 0 radical (unpaired) electrons. The van der Waals surface area contributed by atoms with Crippen molar-refractivity contribution in [3.05, 3.63) is 29.8 Å². The Labute approximate surface area is 138 Å². The summed E-state index contributed by atoms with van der Waals surface area (Å²) in [6, 6.07) is 6.91. The molecule has 1 heterocycles. The number of nitrogens with one attached hydrogen (secondary N) is 2. The zero-order valence-electron chi connectivity index (χ0n) is 13.9. The molecule has 1 atom stereocenters. The molecule has 0 aliphatic carbocycles. The van der Waals surface area contributed by atoms with Crippen molar-refractivity contribution in [3.8, 4) is 5.75 Å². The van der Waals surface area contributed by atoms with Gasteiger partial charge in [0.25, 0.3) is 5.91 Å². The standard InChI is InChI=1S/C18H28N2O3/c1-14(13-21)20-18(22)16-4-6-17(7-5-16)23-12-2-3-15-8-10-19-11-9-15/h4-7,14-15,19,21H,2-3,8-13H2,1H3,(H,20,22)/t14-/m1/s1. The highest BCUT2D eigenvalue weighted by atomic mass is 16.5. The molecule has 0 spiro atoms. The highest BCUT2D eigenvalue weighted by Gasteiger charge is 2.12. The molecule has 128 valence electrons. The van der Waals surface area contributed by atoms with Gasteiger partial charge in [0.2, 0.25) is 0 Å². The van der Waals surface area contributed by atoms with Gasteiger partial charge in [-0.25, -0.2) is 0 Å². The number of aliphatic hydroxyl groups is 1. The van der Waals surface area contributed by atoms with Crippen molar-refractivity contribution in [3.63, 3.8) is 0 Å². The average molecular weight is 320 g/mol. The molecule has 0 aromatic heterocycles.